The van der Waals surface area contributed by atoms with Crippen LogP contribution in [-0.2, 0) is 6.54 Å². The van der Waals surface area contributed by atoms with Gasteiger partial charge in [0, 0.05) is 25.3 Å². The molecule has 2 nitrogen and oxygen atoms in total. The van der Waals surface area contributed by atoms with Crippen LogP contribution in [0.4, 0.5) is 10.1 Å². The Morgan fingerprint density at radius 3 is 2.32 bits per heavy atom. The van der Waals surface area contributed by atoms with E-state index in [4.69, 9.17) is 5.73 Å². The first-order valence-corrected chi connectivity index (χ1v) is 6.42. The maximum Gasteiger partial charge on any atom is 0.123 e. The average Bonchev–Trinajstić information content (AvgIpc) is 3.18. The molecule has 0 aliphatic carbocycles. The predicted octanol–water partition coefficient (Wildman–Crippen LogP) is 3.22. The maximum atomic E-state index is 12.6. The van der Waals surface area contributed by atoms with E-state index >= 15 is 0 Å². The quantitative estimate of drug-likeness (QED) is 0.662. The molecule has 1 aliphatic rings. The lowest BCUT2D eigenvalue weighted by Gasteiger charge is -1.99. The van der Waals surface area contributed by atoms with Crippen molar-refractivity contribution in [1.29, 1.82) is 0 Å². The molecular weight excluding hydrogens is 239 g/mol. The van der Waals surface area contributed by atoms with Crippen LogP contribution in [0.15, 0.2) is 48.5 Å². The maximum absolute atomic E-state index is 12.6. The van der Waals surface area contributed by atoms with Crippen molar-refractivity contribution in [2.45, 2.75) is 13.5 Å². The van der Waals surface area contributed by atoms with Crippen molar-refractivity contribution >= 4 is 5.69 Å². The van der Waals surface area contributed by atoms with Crippen molar-refractivity contribution in [3.8, 4) is 0 Å². The summed E-state index contributed by atoms with van der Waals surface area (Å²) in [5, 5.41) is 0. The second kappa shape index (κ2) is 6.34. The Balaban J connectivity index is 0.000000148. The number of halogens is 1. The first-order chi connectivity index (χ1) is 9.13. The van der Waals surface area contributed by atoms with Gasteiger partial charge in [-0.1, -0.05) is 29.8 Å². The standard InChI is InChI=1S/C9H10FN.C7H9N/c10-9-3-1-2-8(6-9)7-11-4-5-11;1-6-2-4-7(8)5-3-6/h1-3,6H,4-5,7H2;2-5H,8H2,1H3. The number of rotatable bonds is 2. The van der Waals surface area contributed by atoms with E-state index in [0.29, 0.717) is 0 Å². The van der Waals surface area contributed by atoms with Crippen LogP contribution < -0.4 is 5.73 Å². The highest BCUT2D eigenvalue weighted by Crippen LogP contribution is 2.12. The van der Waals surface area contributed by atoms with E-state index in [9.17, 15) is 4.39 Å². The summed E-state index contributed by atoms with van der Waals surface area (Å²) in [6.45, 7) is 5.27. The summed E-state index contributed by atoms with van der Waals surface area (Å²) in [5.41, 5.74) is 8.58. The zero-order chi connectivity index (χ0) is 13.7. The van der Waals surface area contributed by atoms with Crippen molar-refractivity contribution < 1.29 is 4.39 Å². The van der Waals surface area contributed by atoms with Crippen LogP contribution in [0.25, 0.3) is 0 Å². The van der Waals surface area contributed by atoms with Gasteiger partial charge >= 0.3 is 0 Å². The third-order valence-corrected chi connectivity index (χ3v) is 2.91. The van der Waals surface area contributed by atoms with Gasteiger partial charge in [0.25, 0.3) is 0 Å². The smallest absolute Gasteiger partial charge is 0.123 e. The van der Waals surface area contributed by atoms with Gasteiger partial charge in [-0.15, -0.1) is 0 Å². The monoisotopic (exact) mass is 258 g/mol. The minimum atomic E-state index is -0.135. The lowest BCUT2D eigenvalue weighted by molar-refractivity contribution is 0.550. The highest BCUT2D eigenvalue weighted by molar-refractivity contribution is 5.38. The molecule has 1 heterocycles. The third kappa shape index (κ3) is 5.10. The molecule has 3 heteroatoms. The summed E-state index contributed by atoms with van der Waals surface area (Å²) >= 11 is 0. The first-order valence-electron chi connectivity index (χ1n) is 6.42. The van der Waals surface area contributed by atoms with Gasteiger partial charge in [0.15, 0.2) is 0 Å². The largest absolute Gasteiger partial charge is 0.399 e. The topological polar surface area (TPSA) is 29.0 Å². The molecular formula is C16H19FN2. The number of nitrogens with two attached hydrogens (primary N) is 1. The minimum Gasteiger partial charge on any atom is -0.399 e. The first kappa shape index (κ1) is 13.6. The van der Waals surface area contributed by atoms with Crippen LogP contribution in [0.3, 0.4) is 0 Å². The van der Waals surface area contributed by atoms with Crippen molar-refractivity contribution in [3.05, 3.63) is 65.5 Å². The molecule has 1 fully saturated rings. The lowest BCUT2D eigenvalue weighted by Crippen LogP contribution is -1.96. The van der Waals surface area contributed by atoms with E-state index in [1.807, 2.05) is 37.3 Å². The zero-order valence-electron chi connectivity index (χ0n) is 11.1. The van der Waals surface area contributed by atoms with Gasteiger partial charge in [-0.25, -0.2) is 4.39 Å². The van der Waals surface area contributed by atoms with Gasteiger partial charge in [0.2, 0.25) is 0 Å². The van der Waals surface area contributed by atoms with Crippen LogP contribution in [0.1, 0.15) is 11.1 Å². The second-order valence-corrected chi connectivity index (χ2v) is 4.82. The molecule has 0 amide bonds. The minimum absolute atomic E-state index is 0.135. The normalized spacial score (nSPS) is 13.6. The Morgan fingerprint density at radius 1 is 1.11 bits per heavy atom. The van der Waals surface area contributed by atoms with Gasteiger partial charge in [0.1, 0.15) is 5.82 Å². The fourth-order valence-corrected chi connectivity index (χ4v) is 1.69. The molecule has 0 aromatic heterocycles. The number of hydrogen-bond donors (Lipinski definition) is 1. The van der Waals surface area contributed by atoms with Crippen LogP contribution >= 0.6 is 0 Å². The van der Waals surface area contributed by atoms with Gasteiger partial charge in [0.05, 0.1) is 0 Å². The van der Waals surface area contributed by atoms with E-state index < -0.39 is 0 Å². The van der Waals surface area contributed by atoms with Crippen LogP contribution in [0.5, 0.6) is 0 Å². The molecule has 2 aromatic carbocycles. The molecule has 3 rings (SSSR count). The summed E-state index contributed by atoms with van der Waals surface area (Å²) in [6.07, 6.45) is 0. The van der Waals surface area contributed by atoms with Crippen molar-refractivity contribution in [3.63, 3.8) is 0 Å². The Hall–Kier alpha value is -1.87. The molecule has 1 aliphatic heterocycles. The predicted molar refractivity (Wildman–Crippen MR) is 77.3 cm³/mol. The van der Waals surface area contributed by atoms with Crippen molar-refractivity contribution in [2.75, 3.05) is 18.8 Å². The van der Waals surface area contributed by atoms with Crippen LogP contribution in [0.2, 0.25) is 0 Å². The number of nitrogens with zero attached hydrogens (tertiary/aromatic N) is 1. The molecule has 0 unspecified atom stereocenters. The average molecular weight is 258 g/mol. The number of hydrogen-bond acceptors (Lipinski definition) is 2. The summed E-state index contributed by atoms with van der Waals surface area (Å²) in [6, 6.07) is 14.6. The van der Waals surface area contributed by atoms with Gasteiger partial charge in [-0.05, 0) is 36.8 Å². The van der Waals surface area contributed by atoms with Crippen LogP contribution in [-0.4, -0.2) is 18.0 Å². The van der Waals surface area contributed by atoms with Crippen LogP contribution in [0, 0.1) is 12.7 Å². The molecule has 0 spiro atoms. The van der Waals surface area contributed by atoms with Crippen molar-refractivity contribution in [1.82, 2.24) is 4.90 Å². The Labute approximate surface area is 113 Å². The molecule has 0 bridgehead atoms. The van der Waals surface area contributed by atoms with Crippen molar-refractivity contribution in [2.24, 2.45) is 0 Å². The molecule has 2 N–H and O–H groups in total. The SMILES string of the molecule is Cc1ccc(N)cc1.Fc1cccc(CN2CC2)c1. The summed E-state index contributed by atoms with van der Waals surface area (Å²) in [4.78, 5) is 2.26. The number of aryl methyl sites for hydroxylation is 1. The number of nitrogen functional groups attached to an aromatic ring is 1. The Morgan fingerprint density at radius 2 is 1.79 bits per heavy atom. The highest BCUT2D eigenvalue weighted by atomic mass is 19.1. The third-order valence-electron chi connectivity index (χ3n) is 2.91. The number of benzene rings is 2. The molecule has 100 valence electrons. The Kier molecular flexibility index (Phi) is 4.53. The second-order valence-electron chi connectivity index (χ2n) is 4.82. The molecule has 0 radical (unpaired) electrons. The number of anilines is 1. The van der Waals surface area contributed by atoms with Gasteiger partial charge < -0.3 is 5.73 Å². The zero-order valence-corrected chi connectivity index (χ0v) is 11.1. The molecule has 19 heavy (non-hydrogen) atoms. The van der Waals surface area contributed by atoms with Gasteiger partial charge in [-0.3, -0.25) is 4.90 Å². The van der Waals surface area contributed by atoms with E-state index in [1.165, 1.54) is 11.6 Å². The fourth-order valence-electron chi connectivity index (χ4n) is 1.69. The fraction of sp³-hybridized carbons (Fsp3) is 0.250. The molecule has 0 saturated carbocycles. The Bertz CT molecular complexity index is 498. The summed E-state index contributed by atoms with van der Waals surface area (Å²) in [7, 11) is 0. The lowest BCUT2D eigenvalue weighted by atomic mass is 10.2. The molecule has 2 aromatic rings. The highest BCUT2D eigenvalue weighted by Gasteiger charge is 2.16. The van der Waals surface area contributed by atoms with E-state index in [1.54, 1.807) is 12.1 Å². The van der Waals surface area contributed by atoms with E-state index in [-0.39, 0.29) is 5.82 Å². The molecule has 1 saturated heterocycles. The van der Waals surface area contributed by atoms with E-state index in [0.717, 1.165) is 30.9 Å². The molecule has 0 atom stereocenters. The van der Waals surface area contributed by atoms with E-state index in [2.05, 4.69) is 4.90 Å². The summed E-state index contributed by atoms with van der Waals surface area (Å²) in [5.74, 6) is -0.135. The summed E-state index contributed by atoms with van der Waals surface area (Å²) < 4.78 is 12.6. The van der Waals surface area contributed by atoms with Gasteiger partial charge in [-0.2, -0.15) is 0 Å².